The molecular weight excluding hydrogens is 317 g/mol. The lowest BCUT2D eigenvalue weighted by atomic mass is 9.94. The summed E-state index contributed by atoms with van der Waals surface area (Å²) in [6, 6.07) is 3.64. The highest BCUT2D eigenvalue weighted by Crippen LogP contribution is 2.32. The Morgan fingerprint density at radius 3 is 2.61 bits per heavy atom. The average Bonchev–Trinajstić information content (AvgIpc) is 2.35. The van der Waals surface area contributed by atoms with E-state index in [1.54, 1.807) is 6.07 Å². The largest absolute Gasteiger partial charge is 0.310 e. The molecule has 1 N–H and O–H groups in total. The predicted molar refractivity (Wildman–Crippen MR) is 79.6 cm³/mol. The van der Waals surface area contributed by atoms with Crippen LogP contribution in [0.25, 0.3) is 0 Å². The van der Waals surface area contributed by atoms with Crippen molar-refractivity contribution < 1.29 is 4.39 Å². The highest BCUT2D eigenvalue weighted by Gasteiger charge is 2.20. The zero-order valence-electron chi connectivity index (χ0n) is 11.1. The first-order chi connectivity index (χ1) is 8.51. The second-order valence-electron chi connectivity index (χ2n) is 4.62. The van der Waals surface area contributed by atoms with Gasteiger partial charge in [-0.15, -0.1) is 0 Å². The van der Waals surface area contributed by atoms with E-state index >= 15 is 0 Å². The summed E-state index contributed by atoms with van der Waals surface area (Å²) in [7, 11) is 0. The summed E-state index contributed by atoms with van der Waals surface area (Å²) in [5, 5.41) is 3.50. The standard InChI is InChI=1S/C14H20BrClFN/c1-4-9(3)8-12(18-5-2)10-6-7-11(15)13(16)14(10)17/h6-7,9,12,18H,4-5,8H2,1-3H3. The molecule has 1 rings (SSSR count). The van der Waals surface area contributed by atoms with Crippen LogP contribution in [0.4, 0.5) is 4.39 Å². The molecule has 102 valence electrons. The van der Waals surface area contributed by atoms with E-state index in [1.165, 1.54) is 0 Å². The number of hydrogen-bond donors (Lipinski definition) is 1. The Bertz CT molecular complexity index is 398. The van der Waals surface area contributed by atoms with E-state index in [9.17, 15) is 4.39 Å². The summed E-state index contributed by atoms with van der Waals surface area (Å²) in [4.78, 5) is 0. The average molecular weight is 337 g/mol. The smallest absolute Gasteiger partial charge is 0.147 e. The minimum atomic E-state index is -0.319. The van der Waals surface area contributed by atoms with Crippen LogP contribution < -0.4 is 5.32 Å². The lowest BCUT2D eigenvalue weighted by molar-refractivity contribution is 0.397. The van der Waals surface area contributed by atoms with Gasteiger partial charge in [0.15, 0.2) is 0 Å². The normalized spacial score (nSPS) is 14.6. The molecular formula is C14H20BrClFN. The topological polar surface area (TPSA) is 12.0 Å². The van der Waals surface area contributed by atoms with Crippen LogP contribution in [0, 0.1) is 11.7 Å². The Kier molecular flexibility index (Phi) is 6.61. The molecule has 0 aromatic heterocycles. The molecule has 2 unspecified atom stereocenters. The molecule has 0 radical (unpaired) electrons. The van der Waals surface area contributed by atoms with Gasteiger partial charge >= 0.3 is 0 Å². The van der Waals surface area contributed by atoms with Crippen LogP contribution in [0.15, 0.2) is 16.6 Å². The van der Waals surface area contributed by atoms with Gasteiger partial charge in [-0.3, -0.25) is 0 Å². The van der Waals surface area contributed by atoms with Crippen LogP contribution in [0.5, 0.6) is 0 Å². The number of benzene rings is 1. The second-order valence-corrected chi connectivity index (χ2v) is 5.86. The first-order valence-electron chi connectivity index (χ1n) is 6.37. The summed E-state index contributed by atoms with van der Waals surface area (Å²) < 4.78 is 14.8. The van der Waals surface area contributed by atoms with Gasteiger partial charge in [0.2, 0.25) is 0 Å². The molecule has 18 heavy (non-hydrogen) atoms. The van der Waals surface area contributed by atoms with Crippen molar-refractivity contribution in [3.05, 3.63) is 33.0 Å². The number of halogens is 3. The molecule has 0 saturated heterocycles. The molecule has 0 bridgehead atoms. The maximum absolute atomic E-state index is 14.2. The third kappa shape index (κ3) is 3.94. The molecule has 0 spiro atoms. The summed E-state index contributed by atoms with van der Waals surface area (Å²) in [6.45, 7) is 7.18. The van der Waals surface area contributed by atoms with Crippen molar-refractivity contribution in [3.8, 4) is 0 Å². The van der Waals surface area contributed by atoms with Crippen LogP contribution in [0.3, 0.4) is 0 Å². The molecule has 0 heterocycles. The zero-order chi connectivity index (χ0) is 13.7. The molecule has 0 aliphatic rings. The van der Waals surface area contributed by atoms with Gasteiger partial charge < -0.3 is 5.32 Å². The van der Waals surface area contributed by atoms with Crippen LogP contribution in [0.2, 0.25) is 5.02 Å². The maximum Gasteiger partial charge on any atom is 0.147 e. The van der Waals surface area contributed by atoms with Gasteiger partial charge in [-0.05, 0) is 40.9 Å². The van der Waals surface area contributed by atoms with Crippen molar-refractivity contribution in [1.82, 2.24) is 5.32 Å². The van der Waals surface area contributed by atoms with Crippen LogP contribution in [0.1, 0.15) is 45.2 Å². The molecule has 0 saturated carbocycles. The summed E-state index contributed by atoms with van der Waals surface area (Å²) >= 11 is 9.19. The van der Waals surface area contributed by atoms with Crippen LogP contribution in [-0.4, -0.2) is 6.54 Å². The third-order valence-electron chi connectivity index (χ3n) is 3.23. The molecule has 4 heteroatoms. The van der Waals surface area contributed by atoms with Crippen molar-refractivity contribution in [2.45, 2.75) is 39.7 Å². The maximum atomic E-state index is 14.2. The Hall–Kier alpha value is -0.120. The molecule has 0 fully saturated rings. The number of hydrogen-bond acceptors (Lipinski definition) is 1. The van der Waals surface area contributed by atoms with Gasteiger partial charge in [-0.25, -0.2) is 4.39 Å². The molecule has 0 aliphatic carbocycles. The summed E-state index contributed by atoms with van der Waals surface area (Å²) in [5.41, 5.74) is 0.658. The fourth-order valence-corrected chi connectivity index (χ4v) is 2.42. The number of nitrogens with one attached hydrogen (secondary N) is 1. The van der Waals surface area contributed by atoms with Crippen molar-refractivity contribution in [2.24, 2.45) is 5.92 Å². The van der Waals surface area contributed by atoms with Crippen LogP contribution >= 0.6 is 27.5 Å². The fraction of sp³-hybridized carbons (Fsp3) is 0.571. The first-order valence-corrected chi connectivity index (χ1v) is 7.55. The molecule has 1 nitrogen and oxygen atoms in total. The number of rotatable bonds is 6. The monoisotopic (exact) mass is 335 g/mol. The van der Waals surface area contributed by atoms with Gasteiger partial charge in [-0.1, -0.05) is 44.9 Å². The lowest BCUT2D eigenvalue weighted by Gasteiger charge is -2.22. The quantitative estimate of drug-likeness (QED) is 0.692. The fourth-order valence-electron chi connectivity index (χ4n) is 1.95. The van der Waals surface area contributed by atoms with E-state index in [0.29, 0.717) is 16.0 Å². The van der Waals surface area contributed by atoms with E-state index in [-0.39, 0.29) is 16.9 Å². The van der Waals surface area contributed by atoms with Crippen molar-refractivity contribution in [2.75, 3.05) is 6.54 Å². The minimum absolute atomic E-state index is 0.0237. The first kappa shape index (κ1) is 15.9. The SMILES string of the molecule is CCNC(CC(C)CC)c1ccc(Br)c(Cl)c1F. The van der Waals surface area contributed by atoms with Gasteiger partial charge in [-0.2, -0.15) is 0 Å². The third-order valence-corrected chi connectivity index (χ3v) is 4.48. The summed E-state index contributed by atoms with van der Waals surface area (Å²) in [6.07, 6.45) is 2.01. The van der Waals surface area contributed by atoms with Crippen molar-refractivity contribution in [1.29, 1.82) is 0 Å². The highest BCUT2D eigenvalue weighted by atomic mass is 79.9. The van der Waals surface area contributed by atoms with E-state index in [2.05, 4.69) is 35.1 Å². The van der Waals surface area contributed by atoms with Gasteiger partial charge in [0.1, 0.15) is 5.82 Å². The lowest BCUT2D eigenvalue weighted by Crippen LogP contribution is -2.24. The van der Waals surface area contributed by atoms with Crippen LogP contribution in [-0.2, 0) is 0 Å². The molecule has 0 aliphatic heterocycles. The molecule has 2 atom stereocenters. The molecule has 1 aromatic carbocycles. The van der Waals surface area contributed by atoms with Crippen molar-refractivity contribution >= 4 is 27.5 Å². The van der Waals surface area contributed by atoms with E-state index in [4.69, 9.17) is 11.6 Å². The second kappa shape index (κ2) is 7.46. The van der Waals surface area contributed by atoms with Gasteiger partial charge in [0, 0.05) is 16.1 Å². The Morgan fingerprint density at radius 1 is 1.39 bits per heavy atom. The van der Waals surface area contributed by atoms with E-state index in [0.717, 1.165) is 19.4 Å². The predicted octanol–water partition coefficient (Wildman–Crippen LogP) is 5.33. The molecule has 1 aromatic rings. The Labute approximate surface area is 122 Å². The zero-order valence-corrected chi connectivity index (χ0v) is 13.4. The summed E-state index contributed by atoms with van der Waals surface area (Å²) in [5.74, 6) is 0.233. The highest BCUT2D eigenvalue weighted by molar-refractivity contribution is 9.10. The Balaban J connectivity index is 3.02. The van der Waals surface area contributed by atoms with Crippen molar-refractivity contribution in [3.63, 3.8) is 0 Å². The van der Waals surface area contributed by atoms with Gasteiger partial charge in [0.25, 0.3) is 0 Å². The Morgan fingerprint density at radius 2 is 2.06 bits per heavy atom. The van der Waals surface area contributed by atoms with E-state index < -0.39 is 0 Å². The minimum Gasteiger partial charge on any atom is -0.310 e. The van der Waals surface area contributed by atoms with Gasteiger partial charge in [0.05, 0.1) is 5.02 Å². The molecule has 0 amide bonds. The van der Waals surface area contributed by atoms with E-state index in [1.807, 2.05) is 13.0 Å².